The van der Waals surface area contributed by atoms with Crippen molar-refractivity contribution in [2.45, 2.75) is 39.2 Å². The fraction of sp³-hybridized carbons (Fsp3) is 0.389. The molecule has 0 atom stereocenters. The number of nitrogens with two attached hydrogens (primary N) is 1. The van der Waals surface area contributed by atoms with Gasteiger partial charge in [0.2, 0.25) is 5.88 Å². The highest BCUT2D eigenvalue weighted by atomic mass is 16.5. The molecule has 0 unspecified atom stereocenters. The fourth-order valence-electron chi connectivity index (χ4n) is 3.19. The van der Waals surface area contributed by atoms with Crippen molar-refractivity contribution < 1.29 is 9.53 Å². The summed E-state index contributed by atoms with van der Waals surface area (Å²) in [5, 5.41) is 3.33. The van der Waals surface area contributed by atoms with Crippen molar-refractivity contribution >= 4 is 11.6 Å². The van der Waals surface area contributed by atoms with Crippen molar-refractivity contribution in [1.29, 1.82) is 0 Å². The van der Waals surface area contributed by atoms with E-state index in [1.54, 1.807) is 12.3 Å². The Hall–Kier alpha value is -2.63. The number of anilines is 1. The molecule has 3 rings (SSSR count). The molecular formula is C18H22N4O2. The first-order chi connectivity index (χ1) is 11.6. The van der Waals surface area contributed by atoms with Crippen LogP contribution >= 0.6 is 0 Å². The van der Waals surface area contributed by atoms with Gasteiger partial charge in [0.05, 0.1) is 19.0 Å². The first kappa shape index (κ1) is 16.2. The van der Waals surface area contributed by atoms with Crippen molar-refractivity contribution in [2.24, 2.45) is 5.73 Å². The summed E-state index contributed by atoms with van der Waals surface area (Å²) in [6.07, 6.45) is 6.19. The second-order valence-electron chi connectivity index (χ2n) is 6.05. The Morgan fingerprint density at radius 1 is 1.33 bits per heavy atom. The number of aryl methyl sites for hydroxylation is 2. The molecule has 0 bridgehead atoms. The molecule has 3 N–H and O–H groups in total. The number of fused-ring (bicyclic) bond motifs is 1. The molecule has 6 nitrogen and oxygen atoms in total. The molecule has 2 heterocycles. The maximum absolute atomic E-state index is 11.5. The van der Waals surface area contributed by atoms with Gasteiger partial charge in [0, 0.05) is 17.9 Å². The quantitative estimate of drug-likeness (QED) is 0.880. The van der Waals surface area contributed by atoms with Gasteiger partial charge in [-0.3, -0.25) is 9.78 Å². The Labute approximate surface area is 141 Å². The number of nitrogens with zero attached hydrogens (tertiary/aromatic N) is 2. The van der Waals surface area contributed by atoms with E-state index in [-0.39, 0.29) is 11.4 Å². The minimum Gasteiger partial charge on any atom is -0.480 e. The number of primary amides is 1. The Kier molecular flexibility index (Phi) is 4.64. The van der Waals surface area contributed by atoms with Gasteiger partial charge < -0.3 is 15.8 Å². The van der Waals surface area contributed by atoms with E-state index in [1.807, 2.05) is 6.92 Å². The number of nitrogens with one attached hydrogen (secondary N) is 1. The lowest BCUT2D eigenvalue weighted by atomic mass is 9.91. The molecule has 0 fully saturated rings. The molecule has 1 aliphatic carbocycles. The monoisotopic (exact) mass is 326 g/mol. The van der Waals surface area contributed by atoms with Gasteiger partial charge in [0.25, 0.3) is 5.91 Å². The Bertz CT molecular complexity index is 774. The summed E-state index contributed by atoms with van der Waals surface area (Å²) in [5.74, 6) is -0.315. The van der Waals surface area contributed by atoms with Crippen LogP contribution in [0.25, 0.3) is 0 Å². The van der Waals surface area contributed by atoms with E-state index in [2.05, 4.69) is 21.4 Å². The lowest BCUT2D eigenvalue weighted by molar-refractivity contribution is 0.0996. The van der Waals surface area contributed by atoms with Gasteiger partial charge in [-0.15, -0.1) is 0 Å². The molecule has 24 heavy (non-hydrogen) atoms. The number of methoxy groups -OCH3 is 1. The van der Waals surface area contributed by atoms with E-state index in [0.717, 1.165) is 24.2 Å². The number of ether oxygens (including phenoxy) is 1. The van der Waals surface area contributed by atoms with Crippen LogP contribution in [0.3, 0.4) is 0 Å². The minimum absolute atomic E-state index is 0.241. The van der Waals surface area contributed by atoms with Crippen LogP contribution < -0.4 is 15.8 Å². The largest absolute Gasteiger partial charge is 0.480 e. The summed E-state index contributed by atoms with van der Waals surface area (Å²) in [6.45, 7) is 2.69. The first-order valence-electron chi connectivity index (χ1n) is 8.14. The predicted octanol–water partition coefficient (Wildman–Crippen LogP) is 2.38. The normalized spacial score (nSPS) is 13.2. The number of carbonyl (C=O) groups excluding carboxylic acids is 1. The van der Waals surface area contributed by atoms with Crippen LogP contribution in [0.5, 0.6) is 5.88 Å². The standard InChI is InChI=1S/C18H22N4O2/c1-11-7-12(14-5-3-4-6-16(14)22-11)9-20-13-8-15(17(19)23)18(24-2)21-10-13/h7-8,10,20H,3-6,9H2,1-2H3,(H2,19,23). The molecule has 6 heteroatoms. The average Bonchev–Trinajstić information content (AvgIpc) is 2.59. The van der Waals surface area contributed by atoms with Gasteiger partial charge in [-0.2, -0.15) is 0 Å². The second kappa shape index (κ2) is 6.86. The number of pyridine rings is 2. The molecule has 0 radical (unpaired) electrons. The summed E-state index contributed by atoms with van der Waals surface area (Å²) in [5.41, 5.74) is 11.3. The van der Waals surface area contributed by atoms with E-state index in [9.17, 15) is 4.79 Å². The number of amides is 1. The topological polar surface area (TPSA) is 90.1 Å². The highest BCUT2D eigenvalue weighted by Crippen LogP contribution is 2.25. The zero-order valence-corrected chi connectivity index (χ0v) is 14.1. The maximum atomic E-state index is 11.5. The van der Waals surface area contributed by atoms with Crippen LogP contribution in [-0.4, -0.2) is 23.0 Å². The third-order valence-corrected chi connectivity index (χ3v) is 4.31. The van der Waals surface area contributed by atoms with E-state index < -0.39 is 5.91 Å². The van der Waals surface area contributed by atoms with Gasteiger partial charge in [0.15, 0.2) is 0 Å². The number of hydrogen-bond acceptors (Lipinski definition) is 5. The second-order valence-corrected chi connectivity index (χ2v) is 6.05. The summed E-state index contributed by atoms with van der Waals surface area (Å²) >= 11 is 0. The summed E-state index contributed by atoms with van der Waals surface area (Å²) < 4.78 is 5.07. The molecule has 126 valence electrons. The van der Waals surface area contributed by atoms with Gasteiger partial charge in [-0.25, -0.2) is 4.98 Å². The molecule has 0 spiro atoms. The molecule has 1 aliphatic rings. The minimum atomic E-state index is -0.555. The Morgan fingerprint density at radius 2 is 2.12 bits per heavy atom. The number of hydrogen-bond donors (Lipinski definition) is 2. The van der Waals surface area contributed by atoms with Crippen LogP contribution in [0.4, 0.5) is 5.69 Å². The molecule has 0 aromatic carbocycles. The van der Waals surface area contributed by atoms with Gasteiger partial charge >= 0.3 is 0 Å². The molecular weight excluding hydrogens is 304 g/mol. The Morgan fingerprint density at radius 3 is 2.88 bits per heavy atom. The summed E-state index contributed by atoms with van der Waals surface area (Å²) in [7, 11) is 1.47. The van der Waals surface area contributed by atoms with E-state index in [0.29, 0.717) is 6.54 Å². The van der Waals surface area contributed by atoms with Crippen LogP contribution in [0, 0.1) is 6.92 Å². The van der Waals surface area contributed by atoms with E-state index >= 15 is 0 Å². The van der Waals surface area contributed by atoms with Gasteiger partial charge in [-0.1, -0.05) is 0 Å². The van der Waals surface area contributed by atoms with Crippen molar-refractivity contribution in [1.82, 2.24) is 9.97 Å². The highest BCUT2D eigenvalue weighted by molar-refractivity contribution is 5.95. The number of carbonyl (C=O) groups is 1. The smallest absolute Gasteiger partial charge is 0.254 e. The highest BCUT2D eigenvalue weighted by Gasteiger charge is 2.16. The molecule has 0 saturated carbocycles. The molecule has 0 saturated heterocycles. The average molecular weight is 326 g/mol. The van der Waals surface area contributed by atoms with Crippen LogP contribution in [0.1, 0.15) is 45.7 Å². The van der Waals surface area contributed by atoms with E-state index in [1.165, 1.54) is 36.8 Å². The lowest BCUT2D eigenvalue weighted by Gasteiger charge is -2.20. The molecule has 0 aliphatic heterocycles. The van der Waals surface area contributed by atoms with Crippen LogP contribution in [0.2, 0.25) is 0 Å². The van der Waals surface area contributed by atoms with Gasteiger partial charge in [0.1, 0.15) is 5.56 Å². The summed E-state index contributed by atoms with van der Waals surface area (Å²) in [4.78, 5) is 20.3. The molecule has 1 amide bonds. The van der Waals surface area contributed by atoms with E-state index in [4.69, 9.17) is 10.5 Å². The third kappa shape index (κ3) is 3.32. The molecule has 2 aromatic rings. The lowest BCUT2D eigenvalue weighted by Crippen LogP contribution is -2.15. The number of rotatable bonds is 5. The third-order valence-electron chi connectivity index (χ3n) is 4.31. The van der Waals surface area contributed by atoms with Crippen molar-refractivity contribution in [3.63, 3.8) is 0 Å². The zero-order chi connectivity index (χ0) is 17.1. The fourth-order valence-corrected chi connectivity index (χ4v) is 3.19. The summed E-state index contributed by atoms with van der Waals surface area (Å²) in [6, 6.07) is 3.80. The van der Waals surface area contributed by atoms with Crippen LogP contribution in [-0.2, 0) is 19.4 Å². The van der Waals surface area contributed by atoms with Gasteiger partial charge in [-0.05, 0) is 55.9 Å². The Balaban J connectivity index is 1.83. The molecule has 2 aromatic heterocycles. The van der Waals surface area contributed by atoms with Crippen LogP contribution in [0.15, 0.2) is 18.3 Å². The van der Waals surface area contributed by atoms with Crippen molar-refractivity contribution in [3.8, 4) is 5.88 Å². The van der Waals surface area contributed by atoms with Crippen molar-refractivity contribution in [3.05, 3.63) is 46.4 Å². The predicted molar refractivity (Wildman–Crippen MR) is 92.2 cm³/mol. The number of aromatic nitrogens is 2. The maximum Gasteiger partial charge on any atom is 0.254 e. The van der Waals surface area contributed by atoms with Crippen molar-refractivity contribution in [2.75, 3.05) is 12.4 Å². The SMILES string of the molecule is COc1ncc(NCc2cc(C)nc3c2CCCC3)cc1C(N)=O. The first-order valence-corrected chi connectivity index (χ1v) is 8.14. The zero-order valence-electron chi connectivity index (χ0n) is 14.1.